The highest BCUT2D eigenvalue weighted by Gasteiger charge is 2.45. The fourth-order valence-electron chi connectivity index (χ4n) is 9.86. The first kappa shape index (κ1) is 54.2. The Morgan fingerprint density at radius 1 is 0.961 bits per heavy atom. The highest BCUT2D eigenvalue weighted by molar-refractivity contribution is 7.90. The normalized spacial score (nSPS) is 20.4. The van der Waals surface area contributed by atoms with Gasteiger partial charge in [0.15, 0.2) is 5.82 Å². The second-order valence-electron chi connectivity index (χ2n) is 20.9. The summed E-state index contributed by atoms with van der Waals surface area (Å²) < 4.78 is 79.2. The minimum atomic E-state index is -4.38. The second kappa shape index (κ2) is 22.2. The lowest BCUT2D eigenvalue weighted by Gasteiger charge is -2.41. The largest absolute Gasteiger partial charge is 0.391 e. The average Bonchev–Trinajstić information content (AvgIpc) is 4.20. The Morgan fingerprint density at radius 2 is 1.67 bits per heavy atom. The summed E-state index contributed by atoms with van der Waals surface area (Å²) in [7, 11) is -2.38. The molecule has 0 radical (unpaired) electrons. The average molecular weight is 1080 g/mol. The zero-order chi connectivity index (χ0) is 54.2. The number of alkyl halides is 1. The number of carbonyl (C=O) groups excluding carboxylic acids is 4. The molecule has 402 valence electrons. The molecule has 22 heteroatoms. The van der Waals surface area contributed by atoms with Crippen molar-refractivity contribution in [1.82, 2.24) is 39.7 Å². The van der Waals surface area contributed by atoms with Crippen molar-refractivity contribution >= 4 is 61.8 Å². The van der Waals surface area contributed by atoms with E-state index in [1.807, 2.05) is 88.0 Å². The quantitative estimate of drug-likeness (QED) is 0.0574. The van der Waals surface area contributed by atoms with Gasteiger partial charge in [-0.05, 0) is 79.1 Å². The first-order valence-corrected chi connectivity index (χ1v) is 27.3. The number of ether oxygens (including phenoxy) is 1. The maximum Gasteiger partial charge on any atom is 0.301 e. The van der Waals surface area contributed by atoms with Gasteiger partial charge in [0, 0.05) is 74.1 Å². The molecule has 2 saturated heterocycles. The molecule has 17 nitrogen and oxygen atoms in total. The molecule has 0 unspecified atom stereocenters. The molecule has 5 heterocycles. The number of β-amino-alcohol motifs (C(OH)–C–C–N with tert-alkyl or cyclic N) is 1. The topological polar surface area (TPSA) is 219 Å². The van der Waals surface area contributed by atoms with E-state index in [4.69, 9.17) is 4.74 Å². The minimum absolute atomic E-state index is 0.0135. The number of aliphatic hydroxyl groups excluding tert-OH is 1. The Kier molecular flexibility index (Phi) is 15.8. The molecule has 2 aliphatic heterocycles. The molecule has 9 rings (SSSR count). The summed E-state index contributed by atoms with van der Waals surface area (Å²) in [5.74, 6) is -4.96. The number of hydrogen-bond acceptors (Lipinski definition) is 12. The van der Waals surface area contributed by atoms with Crippen LogP contribution >= 0.6 is 11.3 Å². The molecule has 0 spiro atoms. The Labute approximate surface area is 442 Å². The minimum Gasteiger partial charge on any atom is -0.391 e. The van der Waals surface area contributed by atoms with E-state index in [1.165, 1.54) is 11.1 Å². The number of halogens is 3. The Morgan fingerprint density at radius 3 is 2.34 bits per heavy atom. The van der Waals surface area contributed by atoms with E-state index in [0.29, 0.717) is 30.3 Å². The molecular formula is C54H60F3N9O8S2. The summed E-state index contributed by atoms with van der Waals surface area (Å²) in [6.07, 6.45) is 1.86. The number of anilines is 1. The van der Waals surface area contributed by atoms with Crippen LogP contribution in [0.2, 0.25) is 0 Å². The summed E-state index contributed by atoms with van der Waals surface area (Å²) >= 11 is 1.56. The summed E-state index contributed by atoms with van der Waals surface area (Å²) in [6, 6.07) is 17.1. The van der Waals surface area contributed by atoms with Crippen molar-refractivity contribution in [3.05, 3.63) is 124 Å². The van der Waals surface area contributed by atoms with Gasteiger partial charge in [0.25, 0.3) is 0 Å². The van der Waals surface area contributed by atoms with E-state index < -0.39 is 92.9 Å². The van der Waals surface area contributed by atoms with E-state index in [9.17, 15) is 37.1 Å². The number of hydrogen-bond donors (Lipinski definition) is 5. The standard InChI is InChI=1S/C54H60F3N9O8S2/c1-30-49(75-29-61-30)34-12-6-31(7-13-34)22-60-52(70)44-21-38(67)27-66(44)53(71)50(54(2,3)4)62-45(68)28-74-39-19-37(20-39)64(5)25-32-8-10-33(11-9-32)35-18-40-41(24-59-51(40)58-23-35)48(69)46-42(56)14-15-43(47(46)57)63-76(72,73)65-17-16-36(55)26-65/h6-15,18,23-24,29,36-39,44,50,63,67H,16-17,19-22,25-28H2,1-5H3,(H,58,59)(H,60,70)(H,62,68)/t36-,37?,38-,39?,44+,50-/m1/s1. The molecule has 3 aromatic carbocycles. The summed E-state index contributed by atoms with van der Waals surface area (Å²) in [5, 5.41) is 16.7. The maximum atomic E-state index is 15.8. The number of nitrogens with one attached hydrogen (secondary N) is 4. The third-order valence-electron chi connectivity index (χ3n) is 14.3. The van der Waals surface area contributed by atoms with Crippen molar-refractivity contribution in [2.24, 2.45) is 5.41 Å². The number of aromatic nitrogens is 3. The second-order valence-corrected chi connectivity index (χ2v) is 23.4. The van der Waals surface area contributed by atoms with Crippen molar-refractivity contribution in [2.45, 2.75) is 103 Å². The molecule has 3 fully saturated rings. The van der Waals surface area contributed by atoms with E-state index in [1.54, 1.807) is 29.1 Å². The summed E-state index contributed by atoms with van der Waals surface area (Å²) in [6.45, 7) is 7.45. The fourth-order valence-corrected chi connectivity index (χ4v) is 11.9. The molecule has 1 saturated carbocycles. The van der Waals surface area contributed by atoms with E-state index in [-0.39, 0.29) is 62.4 Å². The van der Waals surface area contributed by atoms with Crippen LogP contribution in [0.5, 0.6) is 0 Å². The Balaban J connectivity index is 0.751. The summed E-state index contributed by atoms with van der Waals surface area (Å²) in [5.41, 5.74) is 4.91. The third-order valence-corrected chi connectivity index (χ3v) is 16.8. The number of aromatic amines is 1. The first-order valence-electron chi connectivity index (χ1n) is 25.0. The highest BCUT2D eigenvalue weighted by Crippen LogP contribution is 2.34. The van der Waals surface area contributed by atoms with Crippen LogP contribution in [-0.2, 0) is 42.4 Å². The van der Waals surface area contributed by atoms with Gasteiger partial charge < -0.3 is 30.4 Å². The number of pyridine rings is 1. The molecule has 6 aromatic rings. The van der Waals surface area contributed by atoms with Crippen molar-refractivity contribution in [3.63, 3.8) is 0 Å². The van der Waals surface area contributed by atoms with Crippen LogP contribution in [-0.4, -0.2) is 136 Å². The molecule has 5 N–H and O–H groups in total. The van der Waals surface area contributed by atoms with Crippen molar-refractivity contribution in [3.8, 4) is 21.6 Å². The molecule has 1 aliphatic carbocycles. The van der Waals surface area contributed by atoms with Gasteiger partial charge in [-0.25, -0.2) is 23.1 Å². The zero-order valence-electron chi connectivity index (χ0n) is 42.6. The van der Waals surface area contributed by atoms with Gasteiger partial charge in [-0.3, -0.25) is 28.8 Å². The van der Waals surface area contributed by atoms with Gasteiger partial charge in [-0.15, -0.1) is 11.3 Å². The van der Waals surface area contributed by atoms with Crippen molar-refractivity contribution in [2.75, 3.05) is 38.0 Å². The van der Waals surface area contributed by atoms with Crippen LogP contribution in [0.1, 0.15) is 79.2 Å². The predicted octanol–water partition coefficient (Wildman–Crippen LogP) is 6.66. The van der Waals surface area contributed by atoms with Crippen molar-refractivity contribution in [1.29, 1.82) is 0 Å². The fraction of sp³-hybridized carbons (Fsp3) is 0.407. The van der Waals surface area contributed by atoms with Crippen LogP contribution in [0, 0.1) is 24.0 Å². The monoisotopic (exact) mass is 1080 g/mol. The predicted molar refractivity (Wildman–Crippen MR) is 281 cm³/mol. The lowest BCUT2D eigenvalue weighted by molar-refractivity contribution is -0.145. The van der Waals surface area contributed by atoms with Gasteiger partial charge in [0.2, 0.25) is 23.5 Å². The number of benzene rings is 3. The molecule has 4 atom stereocenters. The number of aryl methyl sites for hydroxylation is 1. The summed E-state index contributed by atoms with van der Waals surface area (Å²) in [4.78, 5) is 71.0. The first-order chi connectivity index (χ1) is 36.1. The lowest BCUT2D eigenvalue weighted by Crippen LogP contribution is -2.58. The van der Waals surface area contributed by atoms with Gasteiger partial charge in [-0.1, -0.05) is 69.3 Å². The van der Waals surface area contributed by atoms with Gasteiger partial charge in [0.1, 0.15) is 36.3 Å². The van der Waals surface area contributed by atoms with Gasteiger partial charge in [0.05, 0.1) is 39.5 Å². The molecule has 3 aliphatic rings. The number of aliphatic hydroxyl groups is 1. The molecular weight excluding hydrogens is 1020 g/mol. The maximum absolute atomic E-state index is 15.8. The highest BCUT2D eigenvalue weighted by atomic mass is 32.2. The molecule has 3 aromatic heterocycles. The van der Waals surface area contributed by atoms with Crippen molar-refractivity contribution < 1.29 is 50.6 Å². The van der Waals surface area contributed by atoms with Gasteiger partial charge >= 0.3 is 10.2 Å². The van der Waals surface area contributed by atoms with E-state index in [0.717, 1.165) is 49.3 Å². The number of thiazole rings is 1. The number of ketones is 1. The number of likely N-dealkylation sites (tertiary alicyclic amines) is 1. The van der Waals surface area contributed by atoms with Crippen LogP contribution in [0.15, 0.2) is 84.6 Å². The number of amides is 3. The Hall–Kier alpha value is -6.56. The lowest BCUT2D eigenvalue weighted by atomic mass is 9.85. The van der Waals surface area contributed by atoms with E-state index in [2.05, 4.69) is 30.5 Å². The number of fused-ring (bicyclic) bond motifs is 1. The number of rotatable bonds is 18. The van der Waals surface area contributed by atoms with Crippen LogP contribution in [0.25, 0.3) is 32.6 Å². The van der Waals surface area contributed by atoms with Gasteiger partial charge in [-0.2, -0.15) is 12.7 Å². The molecule has 76 heavy (non-hydrogen) atoms. The van der Waals surface area contributed by atoms with Crippen LogP contribution in [0.3, 0.4) is 0 Å². The SMILES string of the molecule is Cc1ncsc1-c1ccc(CNC(=O)[C@@H]2C[C@@H](O)CN2C(=O)[C@@H](NC(=O)COC2CC(N(C)Cc3ccc(-c4cnc5[nH]cc(C(=O)c6c(F)ccc(NS(=O)(=O)N7CC[C@@H](F)C7)c6F)c5c4)cc3)C2)C(C)(C)C)cc1. The smallest absolute Gasteiger partial charge is 0.301 e. The molecule has 3 amide bonds. The number of H-pyrrole nitrogens is 1. The van der Waals surface area contributed by atoms with Crippen LogP contribution in [0.4, 0.5) is 18.9 Å². The van der Waals surface area contributed by atoms with E-state index >= 15 is 8.78 Å². The Bertz CT molecular complexity index is 3250. The zero-order valence-corrected chi connectivity index (χ0v) is 44.2. The molecule has 0 bridgehead atoms. The number of carbonyl (C=O) groups is 4. The van der Waals surface area contributed by atoms with Crippen LogP contribution < -0.4 is 15.4 Å². The number of nitrogens with zero attached hydrogens (tertiary/aromatic N) is 5. The third kappa shape index (κ3) is 11.9.